The molecule has 1 N–H and O–H groups in total. The van der Waals surface area contributed by atoms with Crippen molar-refractivity contribution in [3.05, 3.63) is 46.7 Å². The van der Waals surface area contributed by atoms with Crippen molar-refractivity contribution in [1.29, 1.82) is 0 Å². The van der Waals surface area contributed by atoms with Crippen LogP contribution in [0.1, 0.15) is 12.5 Å². The minimum Gasteiger partial charge on any atom is -0.383 e. The van der Waals surface area contributed by atoms with Crippen molar-refractivity contribution in [2.75, 3.05) is 19.0 Å². The van der Waals surface area contributed by atoms with Crippen LogP contribution in [0, 0.1) is 0 Å². The van der Waals surface area contributed by atoms with Gasteiger partial charge >= 0.3 is 0 Å². The van der Waals surface area contributed by atoms with Crippen LogP contribution in [0.4, 0.5) is 5.95 Å². The lowest BCUT2D eigenvalue weighted by molar-refractivity contribution is 0.190. The second kappa shape index (κ2) is 6.73. The summed E-state index contributed by atoms with van der Waals surface area (Å²) in [4.78, 5) is 4.34. The molecule has 0 aliphatic carbocycles. The van der Waals surface area contributed by atoms with Gasteiger partial charge in [0.25, 0.3) is 0 Å². The molecule has 1 unspecified atom stereocenters. The molecule has 2 aromatic rings. The maximum atomic E-state index is 5.12. The number of benzene rings is 1. The van der Waals surface area contributed by atoms with E-state index < -0.39 is 0 Å². The Hall–Kier alpha value is -1.33. The smallest absolute Gasteiger partial charge is 0.203 e. The van der Waals surface area contributed by atoms with Crippen LogP contribution in [0.2, 0.25) is 0 Å². The lowest BCUT2D eigenvalue weighted by atomic mass is 10.2. The van der Waals surface area contributed by atoms with Gasteiger partial charge in [-0.2, -0.15) is 0 Å². The van der Waals surface area contributed by atoms with E-state index in [1.54, 1.807) is 13.3 Å². The highest BCUT2D eigenvalue weighted by Crippen LogP contribution is 2.15. The van der Waals surface area contributed by atoms with Crippen molar-refractivity contribution >= 4 is 21.9 Å². The Morgan fingerprint density at radius 1 is 1.47 bits per heavy atom. The highest BCUT2D eigenvalue weighted by molar-refractivity contribution is 9.10. The SMILES string of the molecule is COCC(C)Nc1nccn1Cc1cccc(Br)c1. The molecule has 0 saturated carbocycles. The average molecular weight is 324 g/mol. The molecule has 2 rings (SSSR count). The van der Waals surface area contributed by atoms with Gasteiger partial charge in [0, 0.05) is 30.0 Å². The number of rotatable bonds is 6. The largest absolute Gasteiger partial charge is 0.383 e. The molecule has 0 saturated heterocycles. The van der Waals surface area contributed by atoms with E-state index in [1.807, 2.05) is 18.3 Å². The van der Waals surface area contributed by atoms with Crippen molar-refractivity contribution in [3.63, 3.8) is 0 Å². The first kappa shape index (κ1) is 14.1. The van der Waals surface area contributed by atoms with Gasteiger partial charge in [-0.15, -0.1) is 0 Å². The Morgan fingerprint density at radius 2 is 2.32 bits per heavy atom. The summed E-state index contributed by atoms with van der Waals surface area (Å²) in [5.41, 5.74) is 1.23. The van der Waals surface area contributed by atoms with E-state index >= 15 is 0 Å². The molecule has 102 valence electrons. The Morgan fingerprint density at radius 3 is 3.05 bits per heavy atom. The highest BCUT2D eigenvalue weighted by atomic mass is 79.9. The molecule has 0 aliphatic heterocycles. The van der Waals surface area contributed by atoms with Crippen LogP contribution in [0.15, 0.2) is 41.1 Å². The van der Waals surface area contributed by atoms with Gasteiger partial charge in [-0.05, 0) is 24.6 Å². The minimum absolute atomic E-state index is 0.230. The van der Waals surface area contributed by atoms with Crippen molar-refractivity contribution < 1.29 is 4.74 Å². The number of ether oxygens (including phenoxy) is 1. The van der Waals surface area contributed by atoms with Crippen LogP contribution in [-0.2, 0) is 11.3 Å². The number of hydrogen-bond acceptors (Lipinski definition) is 3. The van der Waals surface area contributed by atoms with Crippen molar-refractivity contribution in [3.8, 4) is 0 Å². The van der Waals surface area contributed by atoms with E-state index in [-0.39, 0.29) is 6.04 Å². The Labute approximate surface area is 121 Å². The number of imidazole rings is 1. The number of halogens is 1. The van der Waals surface area contributed by atoms with Crippen LogP contribution in [0.5, 0.6) is 0 Å². The van der Waals surface area contributed by atoms with Gasteiger partial charge in [0.05, 0.1) is 13.2 Å². The van der Waals surface area contributed by atoms with Gasteiger partial charge in [-0.3, -0.25) is 0 Å². The van der Waals surface area contributed by atoms with E-state index in [0.29, 0.717) is 6.61 Å². The topological polar surface area (TPSA) is 39.1 Å². The van der Waals surface area contributed by atoms with E-state index in [9.17, 15) is 0 Å². The monoisotopic (exact) mass is 323 g/mol. The zero-order valence-corrected chi connectivity index (χ0v) is 12.7. The molecule has 0 bridgehead atoms. The van der Waals surface area contributed by atoms with Crippen molar-refractivity contribution in [2.45, 2.75) is 19.5 Å². The maximum Gasteiger partial charge on any atom is 0.203 e. The third-order valence-corrected chi connectivity index (χ3v) is 3.24. The molecule has 5 heteroatoms. The zero-order valence-electron chi connectivity index (χ0n) is 11.1. The first-order valence-corrected chi connectivity index (χ1v) is 6.99. The zero-order chi connectivity index (χ0) is 13.7. The maximum absolute atomic E-state index is 5.12. The van der Waals surface area contributed by atoms with Crippen molar-refractivity contribution in [2.24, 2.45) is 0 Å². The molecule has 0 spiro atoms. The number of nitrogens with zero attached hydrogens (tertiary/aromatic N) is 2. The second-order valence-corrected chi connectivity index (χ2v) is 5.43. The summed E-state index contributed by atoms with van der Waals surface area (Å²) in [6, 6.07) is 8.51. The van der Waals surface area contributed by atoms with Crippen LogP contribution in [0.3, 0.4) is 0 Å². The number of nitrogens with one attached hydrogen (secondary N) is 1. The number of aromatic nitrogens is 2. The van der Waals surface area contributed by atoms with E-state index in [2.05, 4.69) is 49.9 Å². The number of anilines is 1. The van der Waals surface area contributed by atoms with Gasteiger partial charge in [-0.1, -0.05) is 28.1 Å². The number of hydrogen-bond donors (Lipinski definition) is 1. The number of methoxy groups -OCH3 is 1. The van der Waals surface area contributed by atoms with E-state index in [1.165, 1.54) is 5.56 Å². The third kappa shape index (κ3) is 4.08. The fourth-order valence-corrected chi connectivity index (χ4v) is 2.37. The van der Waals surface area contributed by atoms with Crippen LogP contribution < -0.4 is 5.32 Å². The van der Waals surface area contributed by atoms with E-state index in [4.69, 9.17) is 4.74 Å². The lowest BCUT2D eigenvalue weighted by Gasteiger charge is -2.15. The second-order valence-electron chi connectivity index (χ2n) is 4.51. The normalized spacial score (nSPS) is 12.4. The first-order chi connectivity index (χ1) is 9.19. The van der Waals surface area contributed by atoms with Crippen LogP contribution in [0.25, 0.3) is 0 Å². The Bertz CT molecular complexity index is 527. The molecule has 4 nitrogen and oxygen atoms in total. The molecule has 1 aromatic heterocycles. The predicted octanol–water partition coefficient (Wildman–Crippen LogP) is 3.14. The predicted molar refractivity (Wildman–Crippen MR) is 80.4 cm³/mol. The first-order valence-electron chi connectivity index (χ1n) is 6.20. The average Bonchev–Trinajstić information content (AvgIpc) is 2.77. The minimum atomic E-state index is 0.230. The summed E-state index contributed by atoms with van der Waals surface area (Å²) in [5.74, 6) is 0.865. The van der Waals surface area contributed by atoms with E-state index in [0.717, 1.165) is 17.0 Å². The highest BCUT2D eigenvalue weighted by Gasteiger charge is 2.07. The molecule has 1 aromatic carbocycles. The molecular formula is C14H18BrN3O. The van der Waals surface area contributed by atoms with Crippen LogP contribution in [-0.4, -0.2) is 29.3 Å². The fourth-order valence-electron chi connectivity index (χ4n) is 1.92. The summed E-state index contributed by atoms with van der Waals surface area (Å²) in [7, 11) is 1.70. The third-order valence-electron chi connectivity index (χ3n) is 2.75. The summed E-state index contributed by atoms with van der Waals surface area (Å²) in [6.45, 7) is 3.52. The summed E-state index contributed by atoms with van der Waals surface area (Å²) in [6.07, 6.45) is 3.78. The molecule has 19 heavy (non-hydrogen) atoms. The molecule has 1 atom stereocenters. The van der Waals surface area contributed by atoms with Gasteiger partial charge in [0.2, 0.25) is 5.95 Å². The fraction of sp³-hybridized carbons (Fsp3) is 0.357. The van der Waals surface area contributed by atoms with Gasteiger partial charge in [-0.25, -0.2) is 4.98 Å². The molecule has 1 heterocycles. The molecular weight excluding hydrogens is 306 g/mol. The van der Waals surface area contributed by atoms with Gasteiger partial charge in [0.15, 0.2) is 0 Å². The Balaban J connectivity index is 2.07. The van der Waals surface area contributed by atoms with Gasteiger partial charge < -0.3 is 14.6 Å². The van der Waals surface area contributed by atoms with Crippen molar-refractivity contribution in [1.82, 2.24) is 9.55 Å². The summed E-state index contributed by atoms with van der Waals surface area (Å²) >= 11 is 3.49. The molecule has 0 amide bonds. The molecule has 0 aliphatic rings. The van der Waals surface area contributed by atoms with Crippen LogP contribution >= 0.6 is 15.9 Å². The molecule has 0 radical (unpaired) electrons. The Kier molecular flexibility index (Phi) is 4.99. The quantitative estimate of drug-likeness (QED) is 0.887. The summed E-state index contributed by atoms with van der Waals surface area (Å²) in [5, 5.41) is 3.34. The lowest BCUT2D eigenvalue weighted by Crippen LogP contribution is -2.23. The standard InChI is InChI=1S/C14H18BrN3O/c1-11(10-19-2)17-14-16-6-7-18(14)9-12-4-3-5-13(15)8-12/h3-8,11H,9-10H2,1-2H3,(H,16,17). The summed E-state index contributed by atoms with van der Waals surface area (Å²) < 4.78 is 8.30. The molecule has 0 fully saturated rings. The van der Waals surface area contributed by atoms with Gasteiger partial charge in [0.1, 0.15) is 0 Å².